The maximum Gasteiger partial charge on any atom is 0.222 e. The van der Waals surface area contributed by atoms with Crippen molar-refractivity contribution < 1.29 is 9.59 Å². The highest BCUT2D eigenvalue weighted by atomic mass is 16.2. The molecule has 0 aromatic rings. The minimum atomic E-state index is -0.282. The van der Waals surface area contributed by atoms with Gasteiger partial charge in [0.2, 0.25) is 11.8 Å². The van der Waals surface area contributed by atoms with Crippen LogP contribution < -0.4 is 5.73 Å². The van der Waals surface area contributed by atoms with Crippen LogP contribution in [0.4, 0.5) is 0 Å². The number of nitrogens with two attached hydrogens (primary N) is 1. The van der Waals surface area contributed by atoms with Crippen molar-refractivity contribution in [2.24, 2.45) is 11.7 Å². The van der Waals surface area contributed by atoms with Gasteiger partial charge in [0.1, 0.15) is 0 Å². The quantitative estimate of drug-likeness (QED) is 0.662. The number of primary amides is 1. The molecule has 2 N–H and O–H groups in total. The second-order valence-corrected chi connectivity index (χ2v) is 3.64. The normalized spacial score (nSPS) is 27.2. The van der Waals surface area contributed by atoms with Gasteiger partial charge in [-0.25, -0.2) is 0 Å². The summed E-state index contributed by atoms with van der Waals surface area (Å²) < 4.78 is 0. The molecule has 1 fully saturated rings. The number of carbonyl (C=O) groups excluding carboxylic acids is 2. The van der Waals surface area contributed by atoms with Crippen LogP contribution in [0.25, 0.3) is 0 Å². The Bertz CT molecular complexity index is 228. The van der Waals surface area contributed by atoms with Gasteiger partial charge in [0.15, 0.2) is 0 Å². The summed E-state index contributed by atoms with van der Waals surface area (Å²) >= 11 is 0. The van der Waals surface area contributed by atoms with E-state index in [1.807, 2.05) is 0 Å². The largest absolute Gasteiger partial charge is 0.369 e. The molecule has 1 unspecified atom stereocenters. The Morgan fingerprint density at radius 1 is 1.38 bits per heavy atom. The van der Waals surface area contributed by atoms with E-state index in [1.165, 1.54) is 6.92 Å². The zero-order chi connectivity index (χ0) is 10.0. The second-order valence-electron chi connectivity index (χ2n) is 3.64. The molecule has 2 amide bonds. The first-order valence-electron chi connectivity index (χ1n) is 4.56. The SMILES string of the molecule is CC(=O)N(C)C1CCC[C@H]1C(N)=O. The summed E-state index contributed by atoms with van der Waals surface area (Å²) in [5.41, 5.74) is 5.25. The molecule has 0 aromatic carbocycles. The number of nitrogens with zero attached hydrogens (tertiary/aromatic N) is 1. The standard InChI is InChI=1S/C9H16N2O2/c1-6(12)11(2)8-5-3-4-7(8)9(10)13/h7-8H,3-5H2,1-2H3,(H2,10,13)/t7-,8?/m1/s1. The second kappa shape index (κ2) is 3.77. The molecule has 0 aliphatic heterocycles. The van der Waals surface area contributed by atoms with E-state index in [9.17, 15) is 9.59 Å². The molecular formula is C9H16N2O2. The number of amides is 2. The highest BCUT2D eigenvalue weighted by Gasteiger charge is 2.34. The van der Waals surface area contributed by atoms with Gasteiger partial charge in [-0.1, -0.05) is 6.42 Å². The molecular weight excluding hydrogens is 168 g/mol. The number of hydrogen-bond donors (Lipinski definition) is 1. The van der Waals surface area contributed by atoms with Gasteiger partial charge in [0, 0.05) is 20.0 Å². The van der Waals surface area contributed by atoms with Crippen LogP contribution in [-0.4, -0.2) is 29.8 Å². The van der Waals surface area contributed by atoms with E-state index in [1.54, 1.807) is 11.9 Å². The molecule has 74 valence electrons. The number of rotatable bonds is 2. The lowest BCUT2D eigenvalue weighted by Crippen LogP contribution is -2.42. The molecule has 0 saturated heterocycles. The molecule has 0 bridgehead atoms. The third kappa shape index (κ3) is 1.99. The Balaban J connectivity index is 2.68. The van der Waals surface area contributed by atoms with Crippen LogP contribution in [-0.2, 0) is 9.59 Å². The summed E-state index contributed by atoms with van der Waals surface area (Å²) in [6, 6.07) is 0.0231. The molecule has 1 aliphatic carbocycles. The van der Waals surface area contributed by atoms with Crippen molar-refractivity contribution in [3.8, 4) is 0 Å². The smallest absolute Gasteiger partial charge is 0.222 e. The molecule has 0 spiro atoms. The third-order valence-corrected chi connectivity index (χ3v) is 2.84. The first-order chi connectivity index (χ1) is 6.04. The summed E-state index contributed by atoms with van der Waals surface area (Å²) in [6.07, 6.45) is 2.69. The molecule has 0 aromatic heterocycles. The van der Waals surface area contributed by atoms with Crippen molar-refractivity contribution in [1.29, 1.82) is 0 Å². The molecule has 4 nitrogen and oxygen atoms in total. The Morgan fingerprint density at radius 2 is 2.00 bits per heavy atom. The van der Waals surface area contributed by atoms with Crippen molar-refractivity contribution in [2.45, 2.75) is 32.2 Å². The summed E-state index contributed by atoms with van der Waals surface area (Å²) in [5, 5.41) is 0. The molecule has 0 heterocycles. The molecule has 1 aliphatic rings. The van der Waals surface area contributed by atoms with Gasteiger partial charge in [-0.05, 0) is 12.8 Å². The van der Waals surface area contributed by atoms with E-state index in [4.69, 9.17) is 5.73 Å². The molecule has 2 atom stereocenters. The topological polar surface area (TPSA) is 63.4 Å². The van der Waals surface area contributed by atoms with Gasteiger partial charge in [-0.3, -0.25) is 9.59 Å². The first-order valence-corrected chi connectivity index (χ1v) is 4.56. The van der Waals surface area contributed by atoms with Crippen molar-refractivity contribution in [3.63, 3.8) is 0 Å². The minimum absolute atomic E-state index is 0.00171. The van der Waals surface area contributed by atoms with E-state index < -0.39 is 0 Å². The molecule has 1 rings (SSSR count). The average molecular weight is 184 g/mol. The van der Waals surface area contributed by atoms with E-state index in [2.05, 4.69) is 0 Å². The predicted octanol–water partition coefficient (Wildman–Crippen LogP) is 0.119. The Labute approximate surface area is 78.1 Å². The first kappa shape index (κ1) is 10.0. The van der Waals surface area contributed by atoms with Gasteiger partial charge in [-0.2, -0.15) is 0 Å². The maximum atomic E-state index is 11.1. The van der Waals surface area contributed by atoms with E-state index >= 15 is 0 Å². The summed E-state index contributed by atoms with van der Waals surface area (Å²) in [5.74, 6) is -0.428. The fourth-order valence-corrected chi connectivity index (χ4v) is 1.97. The van der Waals surface area contributed by atoms with Gasteiger partial charge in [-0.15, -0.1) is 0 Å². The van der Waals surface area contributed by atoms with Gasteiger partial charge >= 0.3 is 0 Å². The highest BCUT2D eigenvalue weighted by Crippen LogP contribution is 2.28. The van der Waals surface area contributed by atoms with Crippen LogP contribution in [0.3, 0.4) is 0 Å². The van der Waals surface area contributed by atoms with E-state index in [-0.39, 0.29) is 23.8 Å². The zero-order valence-electron chi connectivity index (χ0n) is 8.12. The highest BCUT2D eigenvalue weighted by molar-refractivity contribution is 5.79. The van der Waals surface area contributed by atoms with Crippen LogP contribution in [0.2, 0.25) is 0 Å². The summed E-state index contributed by atoms with van der Waals surface area (Å²) in [6.45, 7) is 1.51. The Kier molecular flexibility index (Phi) is 2.90. The lowest BCUT2D eigenvalue weighted by atomic mass is 10.0. The molecule has 13 heavy (non-hydrogen) atoms. The van der Waals surface area contributed by atoms with Crippen LogP contribution in [0, 0.1) is 5.92 Å². The van der Waals surface area contributed by atoms with Crippen molar-refractivity contribution in [1.82, 2.24) is 4.90 Å². The fraction of sp³-hybridized carbons (Fsp3) is 0.778. The minimum Gasteiger partial charge on any atom is -0.369 e. The third-order valence-electron chi connectivity index (χ3n) is 2.84. The zero-order valence-corrected chi connectivity index (χ0v) is 8.12. The Morgan fingerprint density at radius 3 is 2.46 bits per heavy atom. The van der Waals surface area contributed by atoms with Gasteiger partial charge in [0.25, 0.3) is 0 Å². The van der Waals surface area contributed by atoms with Gasteiger partial charge in [0.05, 0.1) is 5.92 Å². The average Bonchev–Trinajstić information content (AvgIpc) is 2.50. The maximum absolute atomic E-state index is 11.1. The van der Waals surface area contributed by atoms with Gasteiger partial charge < -0.3 is 10.6 Å². The van der Waals surface area contributed by atoms with Crippen LogP contribution in [0.15, 0.2) is 0 Å². The lowest BCUT2D eigenvalue weighted by Gasteiger charge is -2.26. The molecule has 1 saturated carbocycles. The fourth-order valence-electron chi connectivity index (χ4n) is 1.97. The predicted molar refractivity (Wildman–Crippen MR) is 48.8 cm³/mol. The lowest BCUT2D eigenvalue weighted by molar-refractivity contribution is -0.132. The van der Waals surface area contributed by atoms with Crippen LogP contribution in [0.5, 0.6) is 0 Å². The monoisotopic (exact) mass is 184 g/mol. The van der Waals surface area contributed by atoms with Crippen molar-refractivity contribution >= 4 is 11.8 Å². The Hall–Kier alpha value is -1.06. The van der Waals surface area contributed by atoms with E-state index in [0.29, 0.717) is 0 Å². The molecule has 0 radical (unpaired) electrons. The molecule has 4 heteroatoms. The summed E-state index contributed by atoms with van der Waals surface area (Å²) in [7, 11) is 1.73. The van der Waals surface area contributed by atoms with Crippen molar-refractivity contribution in [2.75, 3.05) is 7.05 Å². The van der Waals surface area contributed by atoms with Crippen LogP contribution in [0.1, 0.15) is 26.2 Å². The van der Waals surface area contributed by atoms with Crippen LogP contribution >= 0.6 is 0 Å². The number of hydrogen-bond acceptors (Lipinski definition) is 2. The summed E-state index contributed by atoms with van der Waals surface area (Å²) in [4.78, 5) is 23.7. The number of carbonyl (C=O) groups is 2. The van der Waals surface area contributed by atoms with Crippen molar-refractivity contribution in [3.05, 3.63) is 0 Å². The van der Waals surface area contributed by atoms with E-state index in [0.717, 1.165) is 19.3 Å².